The number of nitrogens with one attached hydrogen (secondary N) is 2. The Labute approximate surface area is 213 Å². The number of pyridine rings is 1. The number of likely N-dealkylation sites (tertiary alicyclic amines) is 1. The molecule has 188 valence electrons. The maximum atomic E-state index is 13.3. The van der Waals surface area contributed by atoms with Crippen LogP contribution in [0.1, 0.15) is 6.42 Å². The van der Waals surface area contributed by atoms with Gasteiger partial charge in [-0.2, -0.15) is 10.1 Å². The second-order valence-corrected chi connectivity index (χ2v) is 9.36. The predicted molar refractivity (Wildman–Crippen MR) is 145 cm³/mol. The summed E-state index contributed by atoms with van der Waals surface area (Å²) in [7, 11) is 4.02. The highest BCUT2D eigenvalue weighted by Crippen LogP contribution is 2.23. The van der Waals surface area contributed by atoms with E-state index in [4.69, 9.17) is 9.97 Å². The van der Waals surface area contributed by atoms with E-state index in [0.29, 0.717) is 35.4 Å². The summed E-state index contributed by atoms with van der Waals surface area (Å²) in [5.74, 6) is 1.73. The Kier molecular flexibility index (Phi) is 5.68. The minimum Gasteiger partial charge on any atom is -0.366 e. The molecule has 1 aliphatic heterocycles. The van der Waals surface area contributed by atoms with Gasteiger partial charge in [-0.15, -0.1) is 6.58 Å². The molecule has 1 atom stereocenters. The number of benzene rings is 1. The fourth-order valence-electron chi connectivity index (χ4n) is 4.86. The van der Waals surface area contributed by atoms with Gasteiger partial charge in [-0.05, 0) is 50.3 Å². The average molecular weight is 497 g/mol. The van der Waals surface area contributed by atoms with Crippen LogP contribution in [-0.4, -0.2) is 65.2 Å². The van der Waals surface area contributed by atoms with Gasteiger partial charge in [0.1, 0.15) is 11.2 Å². The standard InChI is InChI=1S/C26H28N10O/c1-4-11-35-25(37)20-15-27-26(30-18-8-9-21-17(13-18)14-28-34(21)3)32-24(20)36(35)23-7-5-6-22(31-23)29-19-10-12-33(2)16-19/h4-9,13-15,19H,1,10-12,16H2,2-3H3,(H,29,31)(H,27,30,32). The normalized spacial score (nSPS) is 16.0. The maximum absolute atomic E-state index is 13.3. The quantitative estimate of drug-likeness (QED) is 0.331. The van der Waals surface area contributed by atoms with E-state index in [1.54, 1.807) is 21.6 Å². The van der Waals surface area contributed by atoms with Crippen LogP contribution in [0.2, 0.25) is 0 Å². The van der Waals surface area contributed by atoms with Crippen molar-refractivity contribution in [3.63, 3.8) is 0 Å². The number of likely N-dealkylation sites (N-methyl/N-ethyl adjacent to an activating group) is 1. The topological polar surface area (TPSA) is 111 Å². The first-order valence-corrected chi connectivity index (χ1v) is 12.2. The first-order valence-electron chi connectivity index (χ1n) is 12.2. The molecule has 5 aromatic rings. The number of hydrogen-bond donors (Lipinski definition) is 2. The summed E-state index contributed by atoms with van der Waals surface area (Å²) < 4.78 is 5.14. The Morgan fingerprint density at radius 1 is 1.16 bits per heavy atom. The van der Waals surface area contributed by atoms with Crippen LogP contribution < -0.4 is 16.2 Å². The minimum absolute atomic E-state index is 0.198. The maximum Gasteiger partial charge on any atom is 0.278 e. The van der Waals surface area contributed by atoms with Crippen LogP contribution in [0.4, 0.5) is 17.5 Å². The second kappa shape index (κ2) is 9.17. The molecule has 37 heavy (non-hydrogen) atoms. The van der Waals surface area contributed by atoms with Crippen molar-refractivity contribution in [1.29, 1.82) is 0 Å². The Hall–Kier alpha value is -4.51. The van der Waals surface area contributed by atoms with Crippen LogP contribution in [0.25, 0.3) is 27.8 Å². The van der Waals surface area contributed by atoms with E-state index in [1.807, 2.05) is 54.3 Å². The Morgan fingerprint density at radius 3 is 2.86 bits per heavy atom. The molecule has 4 aromatic heterocycles. The van der Waals surface area contributed by atoms with Crippen LogP contribution in [0, 0.1) is 0 Å². The minimum atomic E-state index is -0.198. The predicted octanol–water partition coefficient (Wildman–Crippen LogP) is 2.91. The van der Waals surface area contributed by atoms with Gasteiger partial charge in [0.15, 0.2) is 11.5 Å². The van der Waals surface area contributed by atoms with Gasteiger partial charge < -0.3 is 15.5 Å². The van der Waals surface area contributed by atoms with Gasteiger partial charge in [-0.3, -0.25) is 9.48 Å². The fourth-order valence-corrected chi connectivity index (χ4v) is 4.86. The number of rotatable bonds is 7. The lowest BCUT2D eigenvalue weighted by molar-refractivity contribution is 0.414. The largest absolute Gasteiger partial charge is 0.366 e. The lowest BCUT2D eigenvalue weighted by Crippen LogP contribution is -2.25. The number of nitrogens with zero attached hydrogens (tertiary/aromatic N) is 8. The fraction of sp³-hybridized carbons (Fsp3) is 0.269. The molecule has 11 heteroatoms. The van der Waals surface area contributed by atoms with Crippen molar-refractivity contribution in [3.05, 3.63) is 71.8 Å². The summed E-state index contributed by atoms with van der Waals surface area (Å²) in [6, 6.07) is 12.0. The molecule has 1 saturated heterocycles. The number of aryl methyl sites for hydroxylation is 1. The van der Waals surface area contributed by atoms with E-state index in [1.165, 1.54) is 0 Å². The number of allylic oxidation sites excluding steroid dienone is 1. The number of aromatic nitrogens is 7. The van der Waals surface area contributed by atoms with Crippen molar-refractivity contribution in [3.8, 4) is 5.82 Å². The van der Waals surface area contributed by atoms with Crippen molar-refractivity contribution < 1.29 is 0 Å². The molecular weight excluding hydrogens is 468 g/mol. The third-order valence-electron chi connectivity index (χ3n) is 6.67. The summed E-state index contributed by atoms with van der Waals surface area (Å²) in [5, 5.41) is 12.5. The molecule has 1 unspecified atom stereocenters. The lowest BCUT2D eigenvalue weighted by Gasteiger charge is -2.15. The van der Waals surface area contributed by atoms with E-state index in [9.17, 15) is 4.79 Å². The molecule has 0 saturated carbocycles. The summed E-state index contributed by atoms with van der Waals surface area (Å²) in [4.78, 5) is 29.5. The van der Waals surface area contributed by atoms with E-state index < -0.39 is 0 Å². The molecule has 5 heterocycles. The average Bonchev–Trinajstić information content (AvgIpc) is 3.55. The molecule has 2 N–H and O–H groups in total. The van der Waals surface area contributed by atoms with Gasteiger partial charge in [-0.25, -0.2) is 19.3 Å². The summed E-state index contributed by atoms with van der Waals surface area (Å²) >= 11 is 0. The summed E-state index contributed by atoms with van der Waals surface area (Å²) in [6.07, 6.45) is 6.11. The van der Waals surface area contributed by atoms with Crippen LogP contribution in [0.15, 0.2) is 66.2 Å². The molecule has 6 rings (SSSR count). The number of anilines is 3. The van der Waals surface area contributed by atoms with E-state index >= 15 is 0 Å². The van der Waals surface area contributed by atoms with Crippen LogP contribution in [0.5, 0.6) is 0 Å². The first-order chi connectivity index (χ1) is 18.0. The third-order valence-corrected chi connectivity index (χ3v) is 6.67. The molecular formula is C26H28N10O. The molecule has 11 nitrogen and oxygen atoms in total. The Morgan fingerprint density at radius 2 is 2.05 bits per heavy atom. The SMILES string of the molecule is C=CCn1c(=O)c2cnc(Nc3ccc4c(cnn4C)c3)nc2n1-c1cccc(NC2CCN(C)C2)n1. The van der Waals surface area contributed by atoms with Crippen molar-refractivity contribution >= 4 is 39.4 Å². The highest BCUT2D eigenvalue weighted by Gasteiger charge is 2.21. The molecule has 1 fully saturated rings. The van der Waals surface area contributed by atoms with Crippen LogP contribution in [0.3, 0.4) is 0 Å². The highest BCUT2D eigenvalue weighted by atomic mass is 16.1. The van der Waals surface area contributed by atoms with Crippen molar-refractivity contribution in [2.24, 2.45) is 7.05 Å². The number of fused-ring (bicyclic) bond motifs is 2. The molecule has 0 radical (unpaired) electrons. The van der Waals surface area contributed by atoms with E-state index in [0.717, 1.165) is 41.9 Å². The highest BCUT2D eigenvalue weighted by molar-refractivity contribution is 5.83. The van der Waals surface area contributed by atoms with Crippen molar-refractivity contribution in [2.45, 2.75) is 19.0 Å². The smallest absolute Gasteiger partial charge is 0.278 e. The molecule has 0 aliphatic carbocycles. The Bertz CT molecular complexity index is 1680. The zero-order chi connectivity index (χ0) is 25.5. The molecule has 0 spiro atoms. The van der Waals surface area contributed by atoms with Gasteiger partial charge in [-0.1, -0.05) is 12.1 Å². The summed E-state index contributed by atoms with van der Waals surface area (Å²) in [6.45, 7) is 6.16. The first kappa shape index (κ1) is 22.9. The molecule has 0 bridgehead atoms. The van der Waals surface area contributed by atoms with Crippen molar-refractivity contribution in [1.82, 2.24) is 39.0 Å². The summed E-state index contributed by atoms with van der Waals surface area (Å²) in [5.41, 5.74) is 2.12. The molecule has 1 aromatic carbocycles. The van der Waals surface area contributed by atoms with Crippen LogP contribution >= 0.6 is 0 Å². The zero-order valence-corrected chi connectivity index (χ0v) is 20.8. The molecule has 0 amide bonds. The zero-order valence-electron chi connectivity index (χ0n) is 20.8. The number of hydrogen-bond acceptors (Lipinski definition) is 8. The van der Waals surface area contributed by atoms with E-state index in [-0.39, 0.29) is 5.56 Å². The monoisotopic (exact) mass is 496 g/mol. The molecule has 1 aliphatic rings. The van der Waals surface area contributed by atoms with Gasteiger partial charge in [0, 0.05) is 36.9 Å². The third kappa shape index (κ3) is 4.23. The van der Waals surface area contributed by atoms with Gasteiger partial charge in [0.05, 0.1) is 18.3 Å². The van der Waals surface area contributed by atoms with Gasteiger partial charge in [0.25, 0.3) is 5.56 Å². The van der Waals surface area contributed by atoms with Gasteiger partial charge in [0.2, 0.25) is 5.95 Å². The van der Waals surface area contributed by atoms with Gasteiger partial charge >= 0.3 is 0 Å². The lowest BCUT2D eigenvalue weighted by atomic mass is 10.2. The van der Waals surface area contributed by atoms with E-state index in [2.05, 4.69) is 39.2 Å². The Balaban J connectivity index is 1.40. The second-order valence-electron chi connectivity index (χ2n) is 9.36. The van der Waals surface area contributed by atoms with Crippen molar-refractivity contribution in [2.75, 3.05) is 30.8 Å². The van der Waals surface area contributed by atoms with Crippen LogP contribution in [-0.2, 0) is 13.6 Å².